The van der Waals surface area contributed by atoms with Crippen molar-refractivity contribution in [3.63, 3.8) is 0 Å². The van der Waals surface area contributed by atoms with E-state index in [1.807, 2.05) is 0 Å². The maximum atomic E-state index is 13.4. The Morgan fingerprint density at radius 3 is 2.60 bits per heavy atom. The Morgan fingerprint density at radius 1 is 1.47 bits per heavy atom. The van der Waals surface area contributed by atoms with Crippen molar-refractivity contribution in [1.82, 2.24) is 0 Å². The van der Waals surface area contributed by atoms with Crippen LogP contribution in [0.2, 0.25) is 0 Å². The van der Waals surface area contributed by atoms with Crippen molar-refractivity contribution >= 4 is 12.6 Å². The maximum absolute atomic E-state index is 13.4. The van der Waals surface area contributed by atoms with Crippen LogP contribution < -0.4 is 4.74 Å². The zero-order valence-electron chi connectivity index (χ0n) is 8.22. The molecule has 3 nitrogen and oxygen atoms in total. The summed E-state index contributed by atoms with van der Waals surface area (Å²) >= 11 is 3.82. The minimum absolute atomic E-state index is 0.0392. The highest BCUT2D eigenvalue weighted by molar-refractivity contribution is 7.80. The molecule has 15 heavy (non-hydrogen) atoms. The molecule has 84 valence electrons. The topological polar surface area (TPSA) is 49.7 Å². The minimum atomic E-state index is -1.27. The number of aliphatic hydroxyl groups is 2. The standard InChI is InChI=1S/C10H13FO3S/c1-14-6-2-3-7(8(11)4-6)10(13)9(12)5-15/h2-4,9-10,12-13,15H,5H2,1H3. The van der Waals surface area contributed by atoms with Crippen LogP contribution in [0, 0.1) is 5.82 Å². The van der Waals surface area contributed by atoms with Crippen molar-refractivity contribution in [3.05, 3.63) is 29.6 Å². The van der Waals surface area contributed by atoms with Crippen molar-refractivity contribution in [2.75, 3.05) is 12.9 Å². The van der Waals surface area contributed by atoms with Crippen LogP contribution in [0.5, 0.6) is 5.75 Å². The van der Waals surface area contributed by atoms with Gasteiger partial charge in [-0.3, -0.25) is 0 Å². The maximum Gasteiger partial charge on any atom is 0.132 e. The largest absolute Gasteiger partial charge is 0.497 e. The molecule has 0 aromatic heterocycles. The lowest BCUT2D eigenvalue weighted by atomic mass is 10.0. The van der Waals surface area contributed by atoms with E-state index < -0.39 is 18.0 Å². The van der Waals surface area contributed by atoms with Gasteiger partial charge in [0.2, 0.25) is 0 Å². The molecule has 2 N–H and O–H groups in total. The minimum Gasteiger partial charge on any atom is -0.497 e. The van der Waals surface area contributed by atoms with Gasteiger partial charge in [-0.15, -0.1) is 0 Å². The van der Waals surface area contributed by atoms with E-state index in [0.717, 1.165) is 6.07 Å². The number of rotatable bonds is 4. The predicted octanol–water partition coefficient (Wildman–Crippen LogP) is 1.16. The molecule has 0 spiro atoms. The molecule has 0 radical (unpaired) electrons. The first-order valence-electron chi connectivity index (χ1n) is 4.40. The molecule has 1 aromatic rings. The summed E-state index contributed by atoms with van der Waals surface area (Å²) in [5.41, 5.74) is 0.0392. The lowest BCUT2D eigenvalue weighted by Crippen LogP contribution is -2.20. The van der Waals surface area contributed by atoms with E-state index in [-0.39, 0.29) is 11.3 Å². The summed E-state index contributed by atoms with van der Waals surface area (Å²) in [5, 5.41) is 18.9. The summed E-state index contributed by atoms with van der Waals surface area (Å²) in [5.74, 6) is -0.182. The number of halogens is 1. The van der Waals surface area contributed by atoms with Crippen molar-refractivity contribution in [2.24, 2.45) is 0 Å². The normalized spacial score (nSPS) is 14.7. The number of ether oxygens (including phenoxy) is 1. The Labute approximate surface area is 92.9 Å². The molecule has 0 saturated carbocycles. The van der Waals surface area contributed by atoms with Crippen molar-refractivity contribution in [2.45, 2.75) is 12.2 Å². The van der Waals surface area contributed by atoms with Gasteiger partial charge in [-0.05, 0) is 12.1 Å². The summed E-state index contributed by atoms with van der Waals surface area (Å²) in [7, 11) is 1.42. The van der Waals surface area contributed by atoms with E-state index in [9.17, 15) is 14.6 Å². The van der Waals surface area contributed by atoms with Gasteiger partial charge in [0.1, 0.15) is 17.7 Å². The van der Waals surface area contributed by atoms with Gasteiger partial charge in [0.25, 0.3) is 0 Å². The van der Waals surface area contributed by atoms with Crippen molar-refractivity contribution in [1.29, 1.82) is 0 Å². The molecule has 0 heterocycles. The van der Waals surface area contributed by atoms with Crippen molar-refractivity contribution < 1.29 is 19.3 Å². The second-order valence-corrected chi connectivity index (χ2v) is 3.45. The van der Waals surface area contributed by atoms with Gasteiger partial charge >= 0.3 is 0 Å². The summed E-state index contributed by atoms with van der Waals surface area (Å²) in [6.07, 6.45) is -2.36. The van der Waals surface area contributed by atoms with Crippen LogP contribution in [0.1, 0.15) is 11.7 Å². The first-order valence-corrected chi connectivity index (χ1v) is 5.03. The van der Waals surface area contributed by atoms with Crippen LogP contribution in [0.3, 0.4) is 0 Å². The van der Waals surface area contributed by atoms with Crippen molar-refractivity contribution in [3.8, 4) is 5.75 Å². The smallest absolute Gasteiger partial charge is 0.132 e. The predicted molar refractivity (Wildman–Crippen MR) is 57.8 cm³/mol. The molecule has 0 saturated heterocycles. The van der Waals surface area contributed by atoms with Gasteiger partial charge in [-0.1, -0.05) is 0 Å². The number of methoxy groups -OCH3 is 1. The van der Waals surface area contributed by atoms with E-state index in [1.165, 1.54) is 19.2 Å². The molecular weight excluding hydrogens is 219 g/mol. The second-order valence-electron chi connectivity index (χ2n) is 3.08. The van der Waals surface area contributed by atoms with Crippen LogP contribution in [0.4, 0.5) is 4.39 Å². The van der Waals surface area contributed by atoms with Crippen LogP contribution in [-0.2, 0) is 0 Å². The monoisotopic (exact) mass is 232 g/mol. The van der Waals surface area contributed by atoms with E-state index in [2.05, 4.69) is 12.6 Å². The molecule has 1 rings (SSSR count). The summed E-state index contributed by atoms with van der Waals surface area (Å²) < 4.78 is 18.2. The molecular formula is C10H13FO3S. The molecule has 0 aliphatic carbocycles. The molecule has 0 aliphatic rings. The Bertz CT molecular complexity index is 332. The first-order chi connectivity index (χ1) is 7.10. The molecule has 0 amide bonds. The average Bonchev–Trinajstić information content (AvgIpc) is 2.26. The van der Waals surface area contributed by atoms with Crippen LogP contribution in [0.15, 0.2) is 18.2 Å². The van der Waals surface area contributed by atoms with Gasteiger partial charge in [0, 0.05) is 17.4 Å². The SMILES string of the molecule is COc1ccc(C(O)C(O)CS)c(F)c1. The summed E-state index contributed by atoms with van der Waals surface area (Å²) in [6.45, 7) is 0. The highest BCUT2D eigenvalue weighted by Gasteiger charge is 2.20. The fourth-order valence-electron chi connectivity index (χ4n) is 1.18. The van der Waals surface area contributed by atoms with Crippen LogP contribution >= 0.6 is 12.6 Å². The molecule has 5 heteroatoms. The third-order valence-electron chi connectivity index (χ3n) is 2.08. The first kappa shape index (κ1) is 12.3. The lowest BCUT2D eigenvalue weighted by Gasteiger charge is -2.17. The van der Waals surface area contributed by atoms with Crippen LogP contribution in [0.25, 0.3) is 0 Å². The lowest BCUT2D eigenvalue weighted by molar-refractivity contribution is 0.0314. The fourth-order valence-corrected chi connectivity index (χ4v) is 1.38. The number of hydrogen-bond donors (Lipinski definition) is 3. The average molecular weight is 232 g/mol. The fraction of sp³-hybridized carbons (Fsp3) is 0.400. The Balaban J connectivity index is 2.95. The Kier molecular flexibility index (Phi) is 4.38. The number of aliphatic hydroxyl groups excluding tert-OH is 2. The highest BCUT2D eigenvalue weighted by Crippen LogP contribution is 2.24. The number of hydrogen-bond acceptors (Lipinski definition) is 4. The molecule has 0 fully saturated rings. The molecule has 0 bridgehead atoms. The third-order valence-corrected chi connectivity index (χ3v) is 2.45. The van der Waals surface area contributed by atoms with Gasteiger partial charge in [0.05, 0.1) is 13.2 Å². The van der Waals surface area contributed by atoms with E-state index >= 15 is 0 Å². The van der Waals surface area contributed by atoms with Crippen LogP contribution in [-0.4, -0.2) is 29.2 Å². The Hall–Kier alpha value is -0.780. The molecule has 2 atom stereocenters. The van der Waals surface area contributed by atoms with Gasteiger partial charge in [-0.25, -0.2) is 4.39 Å². The quantitative estimate of drug-likeness (QED) is 0.683. The summed E-state index contributed by atoms with van der Waals surface area (Å²) in [6, 6.07) is 4.06. The van der Waals surface area contributed by atoms with E-state index in [4.69, 9.17) is 4.74 Å². The zero-order chi connectivity index (χ0) is 11.4. The van der Waals surface area contributed by atoms with Gasteiger partial charge < -0.3 is 14.9 Å². The molecule has 2 unspecified atom stereocenters. The van der Waals surface area contributed by atoms with Gasteiger partial charge in [0.15, 0.2) is 0 Å². The van der Waals surface area contributed by atoms with E-state index in [1.54, 1.807) is 0 Å². The molecule has 1 aromatic carbocycles. The zero-order valence-corrected chi connectivity index (χ0v) is 9.12. The summed E-state index contributed by atoms with van der Waals surface area (Å²) in [4.78, 5) is 0. The number of benzene rings is 1. The van der Waals surface area contributed by atoms with Gasteiger partial charge in [-0.2, -0.15) is 12.6 Å². The highest BCUT2D eigenvalue weighted by atomic mass is 32.1. The third kappa shape index (κ3) is 2.84. The van der Waals surface area contributed by atoms with E-state index in [0.29, 0.717) is 5.75 Å². The Morgan fingerprint density at radius 2 is 2.13 bits per heavy atom. The molecule has 0 aliphatic heterocycles. The second kappa shape index (κ2) is 5.34. The number of thiol groups is 1.